The third-order valence-electron chi connectivity index (χ3n) is 2.04. The van der Waals surface area contributed by atoms with Crippen molar-refractivity contribution >= 4 is 0 Å². The van der Waals surface area contributed by atoms with Crippen LogP contribution in [0.15, 0.2) is 17.3 Å². The third-order valence-corrected chi connectivity index (χ3v) is 2.04. The SMILES string of the molecule is CC(CN)Cc1cncn(C)c1=O. The van der Waals surface area contributed by atoms with Gasteiger partial charge in [0.1, 0.15) is 0 Å². The van der Waals surface area contributed by atoms with E-state index in [1.807, 2.05) is 6.92 Å². The number of hydrogen-bond donors (Lipinski definition) is 1. The molecule has 1 unspecified atom stereocenters. The molecule has 1 heterocycles. The van der Waals surface area contributed by atoms with E-state index in [0.29, 0.717) is 18.9 Å². The summed E-state index contributed by atoms with van der Waals surface area (Å²) in [5, 5.41) is 0. The first-order valence-electron chi connectivity index (χ1n) is 4.34. The molecule has 1 atom stereocenters. The van der Waals surface area contributed by atoms with Crippen LogP contribution in [0.4, 0.5) is 0 Å². The minimum Gasteiger partial charge on any atom is -0.330 e. The van der Waals surface area contributed by atoms with Gasteiger partial charge in [0.15, 0.2) is 0 Å². The summed E-state index contributed by atoms with van der Waals surface area (Å²) in [6, 6.07) is 0. The van der Waals surface area contributed by atoms with Crippen molar-refractivity contribution in [1.82, 2.24) is 9.55 Å². The molecule has 0 radical (unpaired) electrons. The van der Waals surface area contributed by atoms with Crippen LogP contribution in [-0.2, 0) is 13.5 Å². The van der Waals surface area contributed by atoms with Crippen LogP contribution in [0, 0.1) is 5.92 Å². The van der Waals surface area contributed by atoms with Crippen LogP contribution in [0.1, 0.15) is 12.5 Å². The van der Waals surface area contributed by atoms with Gasteiger partial charge >= 0.3 is 0 Å². The van der Waals surface area contributed by atoms with E-state index >= 15 is 0 Å². The van der Waals surface area contributed by atoms with Crippen LogP contribution < -0.4 is 11.3 Å². The van der Waals surface area contributed by atoms with E-state index in [0.717, 1.165) is 5.56 Å². The van der Waals surface area contributed by atoms with Crippen molar-refractivity contribution in [2.24, 2.45) is 18.7 Å². The minimum absolute atomic E-state index is 0.0234. The second kappa shape index (κ2) is 4.18. The fourth-order valence-corrected chi connectivity index (χ4v) is 1.16. The maximum absolute atomic E-state index is 11.5. The first kappa shape index (κ1) is 9.92. The third kappa shape index (κ3) is 2.39. The van der Waals surface area contributed by atoms with Gasteiger partial charge in [-0.25, -0.2) is 4.98 Å². The number of nitrogens with two attached hydrogens (primary N) is 1. The number of hydrogen-bond acceptors (Lipinski definition) is 3. The van der Waals surface area contributed by atoms with E-state index < -0.39 is 0 Å². The molecular formula is C9H15N3O. The Kier molecular flexibility index (Phi) is 3.19. The van der Waals surface area contributed by atoms with Crippen LogP contribution in [0.25, 0.3) is 0 Å². The molecule has 1 aromatic rings. The largest absolute Gasteiger partial charge is 0.330 e. The molecule has 0 saturated heterocycles. The molecule has 0 amide bonds. The Morgan fingerprint density at radius 2 is 2.38 bits per heavy atom. The van der Waals surface area contributed by atoms with Crippen molar-refractivity contribution in [3.8, 4) is 0 Å². The van der Waals surface area contributed by atoms with E-state index in [1.54, 1.807) is 13.2 Å². The summed E-state index contributed by atoms with van der Waals surface area (Å²) in [5.41, 5.74) is 6.24. The normalized spacial score (nSPS) is 12.8. The maximum Gasteiger partial charge on any atom is 0.256 e. The molecule has 72 valence electrons. The summed E-state index contributed by atoms with van der Waals surface area (Å²) < 4.78 is 1.48. The number of rotatable bonds is 3. The fourth-order valence-electron chi connectivity index (χ4n) is 1.16. The van der Waals surface area contributed by atoms with Gasteiger partial charge in [-0.2, -0.15) is 0 Å². The fraction of sp³-hybridized carbons (Fsp3) is 0.556. The van der Waals surface area contributed by atoms with E-state index in [4.69, 9.17) is 5.73 Å². The van der Waals surface area contributed by atoms with Gasteiger partial charge in [0.05, 0.1) is 6.33 Å². The lowest BCUT2D eigenvalue weighted by Crippen LogP contribution is -2.24. The molecule has 2 N–H and O–H groups in total. The molecule has 0 spiro atoms. The molecule has 0 saturated carbocycles. The summed E-state index contributed by atoms with van der Waals surface area (Å²) >= 11 is 0. The lowest BCUT2D eigenvalue weighted by atomic mass is 10.0. The molecule has 0 fully saturated rings. The monoisotopic (exact) mass is 181 g/mol. The highest BCUT2D eigenvalue weighted by atomic mass is 16.1. The molecule has 4 nitrogen and oxygen atoms in total. The first-order chi connectivity index (χ1) is 6.15. The molecule has 13 heavy (non-hydrogen) atoms. The second-order valence-corrected chi connectivity index (χ2v) is 3.38. The van der Waals surface area contributed by atoms with Gasteiger partial charge in [-0.1, -0.05) is 6.92 Å². The Labute approximate surface area is 77.4 Å². The molecule has 0 bridgehead atoms. The van der Waals surface area contributed by atoms with Crippen LogP contribution in [0.5, 0.6) is 0 Å². The van der Waals surface area contributed by atoms with Gasteiger partial charge in [0, 0.05) is 18.8 Å². The van der Waals surface area contributed by atoms with Crippen molar-refractivity contribution in [1.29, 1.82) is 0 Å². The summed E-state index contributed by atoms with van der Waals surface area (Å²) in [7, 11) is 1.70. The Morgan fingerprint density at radius 3 is 3.00 bits per heavy atom. The quantitative estimate of drug-likeness (QED) is 0.709. The van der Waals surface area contributed by atoms with Crippen molar-refractivity contribution in [2.45, 2.75) is 13.3 Å². The minimum atomic E-state index is 0.0234. The second-order valence-electron chi connectivity index (χ2n) is 3.38. The van der Waals surface area contributed by atoms with E-state index in [9.17, 15) is 4.79 Å². The zero-order chi connectivity index (χ0) is 9.84. The Bertz CT molecular complexity index is 332. The van der Waals surface area contributed by atoms with Crippen LogP contribution in [0.2, 0.25) is 0 Å². The predicted octanol–water partition coefficient (Wildman–Crippen LogP) is -0.0824. The molecule has 4 heteroatoms. The lowest BCUT2D eigenvalue weighted by Gasteiger charge is -2.07. The topological polar surface area (TPSA) is 60.9 Å². The summed E-state index contributed by atoms with van der Waals surface area (Å²) in [5.74, 6) is 0.330. The molecule has 0 aliphatic carbocycles. The van der Waals surface area contributed by atoms with Crippen LogP contribution in [-0.4, -0.2) is 16.1 Å². The van der Waals surface area contributed by atoms with Gasteiger partial charge in [-0.05, 0) is 18.9 Å². The molecule has 1 rings (SSSR count). The number of nitrogens with zero attached hydrogens (tertiary/aromatic N) is 2. The Hall–Kier alpha value is -1.16. The van der Waals surface area contributed by atoms with Crippen molar-refractivity contribution < 1.29 is 0 Å². The van der Waals surface area contributed by atoms with Crippen LogP contribution in [0.3, 0.4) is 0 Å². The highest BCUT2D eigenvalue weighted by Crippen LogP contribution is 2.00. The zero-order valence-corrected chi connectivity index (χ0v) is 8.03. The molecule has 0 aliphatic rings. The Morgan fingerprint density at radius 1 is 1.69 bits per heavy atom. The van der Waals surface area contributed by atoms with Gasteiger partial charge < -0.3 is 10.3 Å². The van der Waals surface area contributed by atoms with Gasteiger partial charge in [-0.3, -0.25) is 4.79 Å². The van der Waals surface area contributed by atoms with Gasteiger partial charge in [0.25, 0.3) is 5.56 Å². The van der Waals surface area contributed by atoms with Crippen molar-refractivity contribution in [3.05, 3.63) is 28.4 Å². The predicted molar refractivity (Wildman–Crippen MR) is 51.4 cm³/mol. The van der Waals surface area contributed by atoms with E-state index in [1.165, 1.54) is 10.9 Å². The molecular weight excluding hydrogens is 166 g/mol. The Balaban J connectivity index is 2.89. The number of aromatic nitrogens is 2. The van der Waals surface area contributed by atoms with Crippen LogP contribution >= 0.6 is 0 Å². The summed E-state index contributed by atoms with van der Waals surface area (Å²) in [6.45, 7) is 2.62. The molecule has 1 aromatic heterocycles. The number of aryl methyl sites for hydroxylation is 1. The van der Waals surface area contributed by atoms with Crippen molar-refractivity contribution in [2.75, 3.05) is 6.54 Å². The first-order valence-corrected chi connectivity index (χ1v) is 4.34. The zero-order valence-electron chi connectivity index (χ0n) is 8.03. The van der Waals surface area contributed by atoms with E-state index in [2.05, 4.69) is 4.98 Å². The van der Waals surface area contributed by atoms with Crippen molar-refractivity contribution in [3.63, 3.8) is 0 Å². The van der Waals surface area contributed by atoms with Gasteiger partial charge in [-0.15, -0.1) is 0 Å². The molecule has 0 aromatic carbocycles. The lowest BCUT2D eigenvalue weighted by molar-refractivity contribution is 0.583. The highest BCUT2D eigenvalue weighted by molar-refractivity contribution is 5.05. The van der Waals surface area contributed by atoms with Gasteiger partial charge in [0.2, 0.25) is 0 Å². The standard InChI is InChI=1S/C9H15N3O/c1-7(4-10)3-8-5-11-6-12(2)9(8)13/h5-7H,3-4,10H2,1-2H3. The average molecular weight is 181 g/mol. The average Bonchev–Trinajstić information content (AvgIpc) is 2.13. The highest BCUT2D eigenvalue weighted by Gasteiger charge is 2.05. The maximum atomic E-state index is 11.5. The summed E-state index contributed by atoms with van der Waals surface area (Å²) in [6.07, 6.45) is 3.84. The smallest absolute Gasteiger partial charge is 0.256 e. The van der Waals surface area contributed by atoms with E-state index in [-0.39, 0.29) is 5.56 Å². The molecule has 0 aliphatic heterocycles. The summed E-state index contributed by atoms with van der Waals surface area (Å²) in [4.78, 5) is 15.5.